The van der Waals surface area contributed by atoms with Crippen molar-refractivity contribution in [3.63, 3.8) is 0 Å². The Morgan fingerprint density at radius 2 is 2.29 bits per heavy atom. The van der Waals surface area contributed by atoms with Gasteiger partial charge >= 0.3 is 0 Å². The molecule has 2 heterocycles. The molecule has 0 aromatic carbocycles. The summed E-state index contributed by atoms with van der Waals surface area (Å²) in [6.45, 7) is 8.07. The molecule has 0 fully saturated rings. The van der Waals surface area contributed by atoms with Crippen LogP contribution in [0.15, 0.2) is 16.0 Å². The number of rotatable bonds is 5. The van der Waals surface area contributed by atoms with Gasteiger partial charge in [0, 0.05) is 18.0 Å². The van der Waals surface area contributed by atoms with Gasteiger partial charge in [0.05, 0.1) is 10.7 Å². The third-order valence-corrected chi connectivity index (χ3v) is 3.06. The maximum absolute atomic E-state index is 5.28. The Morgan fingerprint density at radius 3 is 2.94 bits per heavy atom. The van der Waals surface area contributed by atoms with Crippen LogP contribution in [0.1, 0.15) is 24.5 Å². The lowest BCUT2D eigenvalue weighted by Gasteiger charge is -2.03. The Kier molecular flexibility index (Phi) is 3.91. The average molecular weight is 251 g/mol. The molecule has 0 spiro atoms. The van der Waals surface area contributed by atoms with Gasteiger partial charge in [-0.15, -0.1) is 11.3 Å². The minimum atomic E-state index is 0.641. The van der Waals surface area contributed by atoms with Crippen LogP contribution in [0.3, 0.4) is 0 Å². The van der Waals surface area contributed by atoms with Crippen molar-refractivity contribution in [2.24, 2.45) is 5.92 Å². The summed E-state index contributed by atoms with van der Waals surface area (Å²) in [5, 5.41) is 10.4. The van der Waals surface area contributed by atoms with Crippen molar-refractivity contribution >= 4 is 11.3 Å². The second-order valence-electron chi connectivity index (χ2n) is 4.46. The summed E-state index contributed by atoms with van der Waals surface area (Å²) < 4.78 is 5.28. The van der Waals surface area contributed by atoms with Crippen LogP contribution in [0.5, 0.6) is 0 Å². The first-order chi connectivity index (χ1) is 8.15. The van der Waals surface area contributed by atoms with E-state index in [4.69, 9.17) is 4.52 Å². The number of hydrogen-bond acceptors (Lipinski definition) is 5. The second-order valence-corrected chi connectivity index (χ2v) is 5.52. The van der Waals surface area contributed by atoms with E-state index >= 15 is 0 Å². The Balaban J connectivity index is 1.96. The molecule has 0 aliphatic carbocycles. The van der Waals surface area contributed by atoms with Crippen molar-refractivity contribution in [2.45, 2.75) is 27.3 Å². The molecule has 0 aliphatic rings. The molecule has 0 bridgehead atoms. The molecule has 5 heteroatoms. The molecule has 4 nitrogen and oxygen atoms in total. The highest BCUT2D eigenvalue weighted by atomic mass is 32.1. The molecule has 0 unspecified atom stereocenters. The fraction of sp³-hybridized carbons (Fsp3) is 0.500. The third kappa shape index (κ3) is 3.38. The first kappa shape index (κ1) is 12.3. The van der Waals surface area contributed by atoms with Gasteiger partial charge in [-0.3, -0.25) is 0 Å². The lowest BCUT2D eigenvalue weighted by atomic mass is 10.2. The summed E-state index contributed by atoms with van der Waals surface area (Å²) in [5.74, 6) is 1.39. The quantitative estimate of drug-likeness (QED) is 0.887. The first-order valence-corrected chi connectivity index (χ1v) is 6.62. The van der Waals surface area contributed by atoms with Gasteiger partial charge in [0.25, 0.3) is 0 Å². The van der Waals surface area contributed by atoms with E-state index in [1.807, 2.05) is 18.4 Å². The fourth-order valence-electron chi connectivity index (χ4n) is 1.48. The molecule has 92 valence electrons. The van der Waals surface area contributed by atoms with E-state index in [9.17, 15) is 0 Å². The number of aromatic nitrogens is 2. The van der Waals surface area contributed by atoms with E-state index in [0.717, 1.165) is 35.2 Å². The molecular weight excluding hydrogens is 234 g/mol. The Labute approximate surface area is 105 Å². The van der Waals surface area contributed by atoms with Crippen LogP contribution in [0, 0.1) is 12.8 Å². The van der Waals surface area contributed by atoms with E-state index < -0.39 is 0 Å². The van der Waals surface area contributed by atoms with Crippen LogP contribution in [0.2, 0.25) is 0 Å². The van der Waals surface area contributed by atoms with Gasteiger partial charge in [0.1, 0.15) is 5.69 Å². The molecule has 0 saturated carbocycles. The molecule has 17 heavy (non-hydrogen) atoms. The highest BCUT2D eigenvalue weighted by Crippen LogP contribution is 2.22. The zero-order valence-corrected chi connectivity index (χ0v) is 11.2. The summed E-state index contributed by atoms with van der Waals surface area (Å²) in [4.78, 5) is 4.37. The minimum Gasteiger partial charge on any atom is -0.354 e. The minimum absolute atomic E-state index is 0.641. The lowest BCUT2D eigenvalue weighted by molar-refractivity contribution is 0.417. The van der Waals surface area contributed by atoms with Crippen LogP contribution in [-0.4, -0.2) is 16.7 Å². The predicted molar refractivity (Wildman–Crippen MR) is 68.9 cm³/mol. The van der Waals surface area contributed by atoms with Crippen LogP contribution in [-0.2, 0) is 6.54 Å². The summed E-state index contributed by atoms with van der Waals surface area (Å²) in [7, 11) is 0. The molecule has 0 aliphatic heterocycles. The summed E-state index contributed by atoms with van der Waals surface area (Å²) >= 11 is 1.62. The van der Waals surface area contributed by atoms with Crippen molar-refractivity contribution in [3.05, 3.63) is 22.1 Å². The van der Waals surface area contributed by atoms with Gasteiger partial charge < -0.3 is 9.84 Å². The van der Waals surface area contributed by atoms with Crippen molar-refractivity contribution in [2.75, 3.05) is 6.54 Å². The molecule has 2 rings (SSSR count). The smallest absolute Gasteiger partial charge is 0.186 e. The Hall–Kier alpha value is -1.20. The largest absolute Gasteiger partial charge is 0.354 e. The molecule has 0 radical (unpaired) electrons. The Morgan fingerprint density at radius 1 is 1.47 bits per heavy atom. The number of thiazole rings is 1. The topological polar surface area (TPSA) is 51.0 Å². The monoisotopic (exact) mass is 251 g/mol. The van der Waals surface area contributed by atoms with Gasteiger partial charge in [-0.05, 0) is 19.4 Å². The zero-order valence-electron chi connectivity index (χ0n) is 10.4. The maximum Gasteiger partial charge on any atom is 0.186 e. The van der Waals surface area contributed by atoms with Crippen molar-refractivity contribution < 1.29 is 4.52 Å². The lowest BCUT2D eigenvalue weighted by Crippen LogP contribution is -2.18. The van der Waals surface area contributed by atoms with Crippen LogP contribution in [0.4, 0.5) is 0 Å². The van der Waals surface area contributed by atoms with E-state index in [1.54, 1.807) is 11.3 Å². The van der Waals surface area contributed by atoms with E-state index in [1.165, 1.54) is 0 Å². The normalized spacial score (nSPS) is 11.3. The van der Waals surface area contributed by atoms with Crippen LogP contribution >= 0.6 is 11.3 Å². The van der Waals surface area contributed by atoms with Gasteiger partial charge in [-0.2, -0.15) is 0 Å². The summed E-state index contributed by atoms with van der Waals surface area (Å²) in [5.41, 5.74) is 1.79. The summed E-state index contributed by atoms with van der Waals surface area (Å²) in [6, 6.07) is 1.95. The molecule has 0 saturated heterocycles. The molecule has 1 N–H and O–H groups in total. The standard InChI is InChI=1S/C12H17N3OS/c1-8(2)5-13-6-10-4-12(16-15-10)11-7-17-9(3)14-11/h4,7-8,13H,5-6H2,1-3H3. The van der Waals surface area contributed by atoms with Gasteiger partial charge in [0.15, 0.2) is 5.76 Å². The van der Waals surface area contributed by atoms with Crippen LogP contribution in [0.25, 0.3) is 11.5 Å². The Bertz CT molecular complexity index is 476. The highest BCUT2D eigenvalue weighted by molar-refractivity contribution is 7.09. The molecule has 0 amide bonds. The number of nitrogens with zero attached hydrogens (tertiary/aromatic N) is 2. The van der Waals surface area contributed by atoms with Crippen molar-refractivity contribution in [3.8, 4) is 11.5 Å². The molecule has 0 atom stereocenters. The zero-order chi connectivity index (χ0) is 12.3. The first-order valence-electron chi connectivity index (χ1n) is 5.74. The second kappa shape index (κ2) is 5.42. The molecular formula is C12H17N3OS. The highest BCUT2D eigenvalue weighted by Gasteiger charge is 2.09. The van der Waals surface area contributed by atoms with Gasteiger partial charge in [-0.25, -0.2) is 4.98 Å². The fourth-order valence-corrected chi connectivity index (χ4v) is 2.08. The maximum atomic E-state index is 5.28. The van der Waals surface area contributed by atoms with Crippen molar-refractivity contribution in [1.82, 2.24) is 15.5 Å². The molecule has 2 aromatic rings. The van der Waals surface area contributed by atoms with Gasteiger partial charge in [0.2, 0.25) is 0 Å². The van der Waals surface area contributed by atoms with Crippen molar-refractivity contribution in [1.29, 1.82) is 0 Å². The third-order valence-electron chi connectivity index (χ3n) is 2.29. The molecule has 2 aromatic heterocycles. The number of hydrogen-bond donors (Lipinski definition) is 1. The predicted octanol–water partition coefficient (Wildman–Crippen LogP) is 2.85. The number of aryl methyl sites for hydroxylation is 1. The van der Waals surface area contributed by atoms with E-state index in [0.29, 0.717) is 5.92 Å². The SMILES string of the molecule is Cc1nc(-c2cc(CNCC(C)C)no2)cs1. The van der Waals surface area contributed by atoms with E-state index in [-0.39, 0.29) is 0 Å². The van der Waals surface area contributed by atoms with E-state index in [2.05, 4.69) is 29.3 Å². The summed E-state index contributed by atoms with van der Waals surface area (Å²) in [6.07, 6.45) is 0. The number of nitrogens with one attached hydrogen (secondary N) is 1. The van der Waals surface area contributed by atoms with Gasteiger partial charge in [-0.1, -0.05) is 19.0 Å². The van der Waals surface area contributed by atoms with Crippen LogP contribution < -0.4 is 5.32 Å². The average Bonchev–Trinajstić information content (AvgIpc) is 2.86.